The van der Waals surface area contributed by atoms with Crippen molar-refractivity contribution in [1.29, 1.82) is 0 Å². The Balaban J connectivity index is 1.33. The van der Waals surface area contributed by atoms with Gasteiger partial charge in [-0.25, -0.2) is 0 Å². The van der Waals surface area contributed by atoms with Crippen molar-refractivity contribution >= 4 is 29.1 Å². The first-order valence-electron chi connectivity index (χ1n) is 9.39. The van der Waals surface area contributed by atoms with Crippen LogP contribution in [0.1, 0.15) is 31.5 Å². The summed E-state index contributed by atoms with van der Waals surface area (Å²) in [4.78, 5) is 21.2. The summed E-state index contributed by atoms with van der Waals surface area (Å²) >= 11 is 12.1. The summed E-state index contributed by atoms with van der Waals surface area (Å²) < 4.78 is 5.36. The fraction of sp³-hybridized carbons (Fsp3) is 0.526. The fourth-order valence-corrected chi connectivity index (χ4v) is 4.34. The summed E-state index contributed by atoms with van der Waals surface area (Å²) in [6.45, 7) is 3.78. The van der Waals surface area contributed by atoms with Gasteiger partial charge in [0.1, 0.15) is 0 Å². The third kappa shape index (κ3) is 4.28. The quantitative estimate of drug-likeness (QED) is 0.767. The molecule has 0 N–H and O–H groups in total. The molecule has 0 unspecified atom stereocenters. The molecule has 1 aromatic heterocycles. The van der Waals surface area contributed by atoms with E-state index in [1.165, 1.54) is 12.8 Å². The van der Waals surface area contributed by atoms with Gasteiger partial charge < -0.3 is 9.42 Å². The van der Waals surface area contributed by atoms with Crippen LogP contribution in [0.15, 0.2) is 22.7 Å². The van der Waals surface area contributed by atoms with Crippen LogP contribution >= 0.6 is 23.2 Å². The van der Waals surface area contributed by atoms with Crippen LogP contribution in [0.3, 0.4) is 0 Å². The van der Waals surface area contributed by atoms with Gasteiger partial charge in [0.05, 0.1) is 17.1 Å². The van der Waals surface area contributed by atoms with Gasteiger partial charge in [-0.3, -0.25) is 9.69 Å². The van der Waals surface area contributed by atoms with Gasteiger partial charge in [0.25, 0.3) is 5.89 Å². The zero-order valence-corrected chi connectivity index (χ0v) is 16.5. The SMILES string of the molecule is O=C(C1CCCC1)N1CCN(Cc2noc(-c3ccc(Cl)cc3Cl)n2)CC1. The van der Waals surface area contributed by atoms with Crippen LogP contribution in [0.5, 0.6) is 0 Å². The molecule has 8 heteroatoms. The highest BCUT2D eigenvalue weighted by Crippen LogP contribution is 2.29. The first-order chi connectivity index (χ1) is 13.1. The topological polar surface area (TPSA) is 62.5 Å². The summed E-state index contributed by atoms with van der Waals surface area (Å²) in [6.07, 6.45) is 4.48. The molecule has 2 aliphatic rings. The Bertz CT molecular complexity index is 812. The highest BCUT2D eigenvalue weighted by atomic mass is 35.5. The third-order valence-electron chi connectivity index (χ3n) is 5.38. The minimum atomic E-state index is 0.250. The molecule has 1 aliphatic carbocycles. The van der Waals surface area contributed by atoms with Gasteiger partial charge in [-0.2, -0.15) is 4.98 Å². The first-order valence-corrected chi connectivity index (χ1v) is 10.1. The van der Waals surface area contributed by atoms with Gasteiger partial charge in [0, 0.05) is 37.1 Å². The number of piperazine rings is 1. The smallest absolute Gasteiger partial charge is 0.259 e. The average molecular weight is 409 g/mol. The lowest BCUT2D eigenvalue weighted by Gasteiger charge is -2.35. The second-order valence-corrected chi connectivity index (χ2v) is 8.07. The zero-order chi connectivity index (χ0) is 18.8. The van der Waals surface area contributed by atoms with Crippen molar-refractivity contribution in [2.45, 2.75) is 32.2 Å². The number of carbonyl (C=O) groups is 1. The van der Waals surface area contributed by atoms with E-state index in [0.29, 0.717) is 39.8 Å². The largest absolute Gasteiger partial charge is 0.340 e. The van der Waals surface area contributed by atoms with Gasteiger partial charge in [-0.05, 0) is 31.0 Å². The van der Waals surface area contributed by atoms with Crippen molar-refractivity contribution in [3.05, 3.63) is 34.1 Å². The summed E-state index contributed by atoms with van der Waals surface area (Å²) in [7, 11) is 0. The molecular weight excluding hydrogens is 387 g/mol. The molecule has 1 aliphatic heterocycles. The Morgan fingerprint density at radius 1 is 1.15 bits per heavy atom. The maximum absolute atomic E-state index is 12.5. The summed E-state index contributed by atoms with van der Waals surface area (Å²) in [6, 6.07) is 5.17. The minimum absolute atomic E-state index is 0.250. The number of benzene rings is 1. The molecule has 0 bridgehead atoms. The maximum atomic E-state index is 12.5. The molecule has 1 amide bonds. The molecule has 1 saturated carbocycles. The molecule has 1 aromatic carbocycles. The van der Waals surface area contributed by atoms with E-state index in [4.69, 9.17) is 27.7 Å². The second kappa shape index (κ2) is 8.17. The van der Waals surface area contributed by atoms with Crippen LogP contribution in [0.4, 0.5) is 0 Å². The summed E-state index contributed by atoms with van der Waals surface area (Å²) in [5.41, 5.74) is 0.673. The summed E-state index contributed by atoms with van der Waals surface area (Å²) in [5.74, 6) is 1.60. The van der Waals surface area contributed by atoms with Crippen molar-refractivity contribution < 1.29 is 9.32 Å². The number of halogens is 2. The van der Waals surface area contributed by atoms with Gasteiger partial charge >= 0.3 is 0 Å². The lowest BCUT2D eigenvalue weighted by atomic mass is 10.1. The molecule has 2 heterocycles. The Morgan fingerprint density at radius 3 is 2.59 bits per heavy atom. The first kappa shape index (κ1) is 18.7. The molecular formula is C19H22Cl2N4O2. The van der Waals surface area contributed by atoms with Crippen molar-refractivity contribution in [3.63, 3.8) is 0 Å². The van der Waals surface area contributed by atoms with Crippen LogP contribution in [0.25, 0.3) is 11.5 Å². The minimum Gasteiger partial charge on any atom is -0.340 e. The predicted octanol–water partition coefficient (Wildman–Crippen LogP) is 3.88. The van der Waals surface area contributed by atoms with Gasteiger partial charge in [0.2, 0.25) is 5.91 Å². The molecule has 4 rings (SSSR count). The number of hydrogen-bond acceptors (Lipinski definition) is 5. The van der Waals surface area contributed by atoms with E-state index in [2.05, 4.69) is 15.0 Å². The lowest BCUT2D eigenvalue weighted by molar-refractivity contribution is -0.137. The van der Waals surface area contributed by atoms with Gasteiger partial charge in [-0.1, -0.05) is 41.2 Å². The van der Waals surface area contributed by atoms with E-state index in [0.717, 1.165) is 39.0 Å². The van der Waals surface area contributed by atoms with Crippen LogP contribution in [0, 0.1) is 5.92 Å². The maximum Gasteiger partial charge on any atom is 0.259 e. The van der Waals surface area contributed by atoms with Crippen molar-refractivity contribution in [2.24, 2.45) is 5.92 Å². The molecule has 0 radical (unpaired) electrons. The molecule has 144 valence electrons. The Hall–Kier alpha value is -1.63. The van der Waals surface area contributed by atoms with Crippen molar-refractivity contribution in [1.82, 2.24) is 19.9 Å². The normalized spacial score (nSPS) is 19.0. The number of amides is 1. The second-order valence-electron chi connectivity index (χ2n) is 7.22. The van der Waals surface area contributed by atoms with E-state index < -0.39 is 0 Å². The molecule has 2 fully saturated rings. The molecule has 0 spiro atoms. The monoisotopic (exact) mass is 408 g/mol. The Kier molecular flexibility index (Phi) is 5.66. The van der Waals surface area contributed by atoms with Crippen LogP contribution in [-0.2, 0) is 11.3 Å². The molecule has 6 nitrogen and oxygen atoms in total. The number of nitrogens with zero attached hydrogens (tertiary/aromatic N) is 4. The van der Waals surface area contributed by atoms with E-state index >= 15 is 0 Å². The molecule has 0 atom stereocenters. The van der Waals surface area contributed by atoms with E-state index in [-0.39, 0.29) is 5.92 Å². The van der Waals surface area contributed by atoms with E-state index in [1.54, 1.807) is 18.2 Å². The van der Waals surface area contributed by atoms with E-state index in [9.17, 15) is 4.79 Å². The van der Waals surface area contributed by atoms with Gasteiger partial charge in [-0.15, -0.1) is 0 Å². The number of carbonyl (C=O) groups excluding carboxylic acids is 1. The highest BCUT2D eigenvalue weighted by Gasteiger charge is 2.29. The summed E-state index contributed by atoms with van der Waals surface area (Å²) in [5, 5.41) is 5.11. The third-order valence-corrected chi connectivity index (χ3v) is 5.93. The molecule has 2 aromatic rings. The Morgan fingerprint density at radius 2 is 1.89 bits per heavy atom. The van der Waals surface area contributed by atoms with Crippen molar-refractivity contribution in [3.8, 4) is 11.5 Å². The molecule has 27 heavy (non-hydrogen) atoms. The fourth-order valence-electron chi connectivity index (χ4n) is 3.85. The van der Waals surface area contributed by atoms with Crippen LogP contribution in [0.2, 0.25) is 10.0 Å². The van der Waals surface area contributed by atoms with E-state index in [1.807, 2.05) is 4.90 Å². The number of hydrogen-bond donors (Lipinski definition) is 0. The predicted molar refractivity (Wildman–Crippen MR) is 104 cm³/mol. The van der Waals surface area contributed by atoms with Crippen LogP contribution in [-0.4, -0.2) is 52.0 Å². The Labute approximate surface area is 168 Å². The molecule has 1 saturated heterocycles. The lowest BCUT2D eigenvalue weighted by Crippen LogP contribution is -2.49. The standard InChI is InChI=1S/C19H22Cl2N4O2/c20-14-5-6-15(16(21)11-14)18-22-17(23-27-18)12-24-7-9-25(10-8-24)19(26)13-3-1-2-4-13/h5-6,11,13H,1-4,7-10,12H2. The average Bonchev–Trinajstić information content (AvgIpc) is 3.34. The zero-order valence-electron chi connectivity index (χ0n) is 15.0. The number of rotatable bonds is 4. The van der Waals surface area contributed by atoms with Gasteiger partial charge in [0.15, 0.2) is 5.82 Å². The van der Waals surface area contributed by atoms with Crippen LogP contribution < -0.4 is 0 Å². The van der Waals surface area contributed by atoms with Crippen molar-refractivity contribution in [2.75, 3.05) is 26.2 Å². The number of aromatic nitrogens is 2. The highest BCUT2D eigenvalue weighted by molar-refractivity contribution is 6.36.